The van der Waals surface area contributed by atoms with Gasteiger partial charge < -0.3 is 5.11 Å². The van der Waals surface area contributed by atoms with Crippen molar-refractivity contribution in [1.29, 1.82) is 0 Å². The third kappa shape index (κ3) is 3.93. The lowest BCUT2D eigenvalue weighted by molar-refractivity contribution is 0.295. The molecule has 0 heterocycles. The van der Waals surface area contributed by atoms with E-state index in [-0.39, 0.29) is 18.8 Å². The van der Waals surface area contributed by atoms with Gasteiger partial charge in [0.2, 0.25) is 10.0 Å². The van der Waals surface area contributed by atoms with Gasteiger partial charge in [-0.25, -0.2) is 8.42 Å². The molecule has 1 rings (SSSR count). The number of benzene rings is 1. The smallest absolute Gasteiger partial charge is 0.232 e. The number of aliphatic hydroxyl groups is 1. The van der Waals surface area contributed by atoms with Gasteiger partial charge in [0, 0.05) is 6.61 Å². The lowest BCUT2D eigenvalue weighted by Gasteiger charge is -2.09. The van der Waals surface area contributed by atoms with Gasteiger partial charge in [-0.3, -0.25) is 4.72 Å². The maximum Gasteiger partial charge on any atom is 0.232 e. The zero-order valence-corrected chi connectivity index (χ0v) is 11.4. The van der Waals surface area contributed by atoms with Crippen molar-refractivity contribution in [3.63, 3.8) is 0 Å². The first-order valence-corrected chi connectivity index (χ1v) is 7.34. The van der Waals surface area contributed by atoms with Crippen molar-refractivity contribution in [3.8, 4) is 0 Å². The minimum absolute atomic E-state index is 0.123. The highest BCUT2D eigenvalue weighted by atomic mass is 79.9. The van der Waals surface area contributed by atoms with E-state index in [1.807, 2.05) is 0 Å². The summed E-state index contributed by atoms with van der Waals surface area (Å²) in [7, 11) is -3.43. The maximum atomic E-state index is 11.5. The Hall–Kier alpha value is -0.300. The van der Waals surface area contributed by atoms with E-state index in [0.29, 0.717) is 15.2 Å². The summed E-state index contributed by atoms with van der Waals surface area (Å²) >= 11 is 9.02. The number of aliphatic hydroxyl groups excluding tert-OH is 1. The Balaban J connectivity index is 2.84. The van der Waals surface area contributed by atoms with E-state index in [4.69, 9.17) is 16.7 Å². The molecular formula is C9H11BrClNO3S. The van der Waals surface area contributed by atoms with Gasteiger partial charge in [-0.1, -0.05) is 17.7 Å². The van der Waals surface area contributed by atoms with Crippen LogP contribution in [0.4, 0.5) is 5.69 Å². The molecule has 0 aliphatic carbocycles. The molecule has 0 atom stereocenters. The molecule has 0 unspecified atom stereocenters. The van der Waals surface area contributed by atoms with E-state index in [1.54, 1.807) is 18.2 Å². The maximum absolute atomic E-state index is 11.5. The standard InChI is InChI=1S/C9H11BrClNO3S/c10-9-7(11)3-1-4-8(9)12-16(14,15)6-2-5-13/h1,3-4,12-13H,2,5-6H2. The number of nitrogens with one attached hydrogen (secondary N) is 1. The van der Waals surface area contributed by atoms with Crippen molar-refractivity contribution < 1.29 is 13.5 Å². The van der Waals surface area contributed by atoms with Crippen LogP contribution in [0.2, 0.25) is 5.02 Å². The van der Waals surface area contributed by atoms with Crippen molar-refractivity contribution in [3.05, 3.63) is 27.7 Å². The molecule has 0 aliphatic heterocycles. The topological polar surface area (TPSA) is 66.4 Å². The van der Waals surface area contributed by atoms with E-state index in [2.05, 4.69) is 20.7 Å². The molecule has 1 aromatic rings. The van der Waals surface area contributed by atoms with E-state index in [1.165, 1.54) is 0 Å². The number of halogens is 2. The average molecular weight is 329 g/mol. The fourth-order valence-corrected chi connectivity index (χ4v) is 2.84. The molecule has 4 nitrogen and oxygen atoms in total. The van der Waals surface area contributed by atoms with Gasteiger partial charge in [-0.15, -0.1) is 0 Å². The molecule has 0 fully saturated rings. The van der Waals surface area contributed by atoms with Crippen molar-refractivity contribution >= 4 is 43.2 Å². The SMILES string of the molecule is O=S(=O)(CCCO)Nc1cccc(Cl)c1Br. The minimum Gasteiger partial charge on any atom is -0.396 e. The number of rotatable bonds is 5. The molecule has 0 aromatic heterocycles. The molecule has 2 N–H and O–H groups in total. The molecule has 0 bridgehead atoms. The zero-order chi connectivity index (χ0) is 12.2. The molecule has 90 valence electrons. The van der Waals surface area contributed by atoms with Gasteiger partial charge in [0.1, 0.15) is 0 Å². The fourth-order valence-electron chi connectivity index (χ4n) is 1.06. The Morgan fingerprint density at radius 3 is 2.75 bits per heavy atom. The highest BCUT2D eigenvalue weighted by molar-refractivity contribution is 9.10. The Labute approximate surface area is 108 Å². The fraction of sp³-hybridized carbons (Fsp3) is 0.333. The van der Waals surface area contributed by atoms with Crippen LogP contribution in [0.25, 0.3) is 0 Å². The molecule has 0 saturated carbocycles. The second-order valence-corrected chi connectivity index (χ2v) is 6.14. The summed E-state index contributed by atoms with van der Waals surface area (Å²) in [5, 5.41) is 9.00. The third-order valence-corrected chi connectivity index (χ3v) is 4.54. The molecule has 16 heavy (non-hydrogen) atoms. The van der Waals surface area contributed by atoms with Crippen LogP contribution in [-0.2, 0) is 10.0 Å². The average Bonchev–Trinajstić information content (AvgIpc) is 2.22. The number of hydrogen-bond acceptors (Lipinski definition) is 3. The van der Waals surface area contributed by atoms with Gasteiger partial charge >= 0.3 is 0 Å². The molecule has 0 spiro atoms. The monoisotopic (exact) mass is 327 g/mol. The molecular weight excluding hydrogens is 318 g/mol. The number of hydrogen-bond donors (Lipinski definition) is 2. The molecule has 1 aromatic carbocycles. The quantitative estimate of drug-likeness (QED) is 0.871. The van der Waals surface area contributed by atoms with Crippen LogP contribution in [0.15, 0.2) is 22.7 Å². The highest BCUT2D eigenvalue weighted by Crippen LogP contribution is 2.30. The predicted octanol–water partition coefficient (Wildman–Crippen LogP) is 2.23. The van der Waals surface area contributed by atoms with Crippen molar-refractivity contribution in [2.24, 2.45) is 0 Å². The zero-order valence-electron chi connectivity index (χ0n) is 8.28. The summed E-state index contributed by atoms with van der Waals surface area (Å²) in [4.78, 5) is 0. The first-order valence-electron chi connectivity index (χ1n) is 4.51. The summed E-state index contributed by atoms with van der Waals surface area (Å²) in [5.41, 5.74) is 0.394. The molecule has 7 heteroatoms. The Morgan fingerprint density at radius 2 is 2.12 bits per heavy atom. The lowest BCUT2D eigenvalue weighted by Crippen LogP contribution is -2.17. The molecule has 0 amide bonds. The highest BCUT2D eigenvalue weighted by Gasteiger charge is 2.12. The van der Waals surface area contributed by atoms with E-state index >= 15 is 0 Å². The van der Waals surface area contributed by atoms with Crippen molar-refractivity contribution in [2.75, 3.05) is 17.1 Å². The summed E-state index contributed by atoms with van der Waals surface area (Å²) < 4.78 is 26.0. The van der Waals surface area contributed by atoms with Gasteiger partial charge in [0.05, 0.1) is 20.9 Å². The number of anilines is 1. The second-order valence-electron chi connectivity index (χ2n) is 3.10. The third-order valence-electron chi connectivity index (χ3n) is 1.79. The normalized spacial score (nSPS) is 11.4. The van der Waals surface area contributed by atoms with Crippen LogP contribution in [0.1, 0.15) is 6.42 Å². The predicted molar refractivity (Wildman–Crippen MR) is 68.3 cm³/mol. The Morgan fingerprint density at radius 1 is 1.44 bits per heavy atom. The van der Waals surface area contributed by atoms with E-state index in [9.17, 15) is 8.42 Å². The Bertz CT molecular complexity index is 464. The van der Waals surface area contributed by atoms with Crippen LogP contribution in [0.3, 0.4) is 0 Å². The van der Waals surface area contributed by atoms with Gasteiger partial charge in [0.25, 0.3) is 0 Å². The summed E-state index contributed by atoms with van der Waals surface area (Å²) in [6.07, 6.45) is 0.202. The Kier molecular flexibility index (Phi) is 5.04. The van der Waals surface area contributed by atoms with Crippen LogP contribution in [0.5, 0.6) is 0 Å². The summed E-state index contributed by atoms with van der Waals surface area (Å²) in [6, 6.07) is 4.90. The summed E-state index contributed by atoms with van der Waals surface area (Å²) in [5.74, 6) is -0.123. The first kappa shape index (κ1) is 13.8. The van der Waals surface area contributed by atoms with Crippen LogP contribution in [-0.4, -0.2) is 25.9 Å². The molecule has 0 saturated heterocycles. The summed E-state index contributed by atoms with van der Waals surface area (Å²) in [6.45, 7) is -0.155. The van der Waals surface area contributed by atoms with E-state index < -0.39 is 10.0 Å². The van der Waals surface area contributed by atoms with Crippen molar-refractivity contribution in [2.45, 2.75) is 6.42 Å². The van der Waals surface area contributed by atoms with Crippen LogP contribution in [0, 0.1) is 0 Å². The lowest BCUT2D eigenvalue weighted by atomic mass is 10.3. The molecule has 0 radical (unpaired) electrons. The largest absolute Gasteiger partial charge is 0.396 e. The van der Waals surface area contributed by atoms with Crippen LogP contribution < -0.4 is 4.72 Å². The first-order chi connectivity index (χ1) is 7.46. The van der Waals surface area contributed by atoms with Gasteiger partial charge in [0.15, 0.2) is 0 Å². The molecule has 0 aliphatic rings. The van der Waals surface area contributed by atoms with Crippen molar-refractivity contribution in [1.82, 2.24) is 0 Å². The van der Waals surface area contributed by atoms with E-state index in [0.717, 1.165) is 0 Å². The minimum atomic E-state index is -3.43. The van der Waals surface area contributed by atoms with Gasteiger partial charge in [-0.05, 0) is 34.5 Å². The van der Waals surface area contributed by atoms with Gasteiger partial charge in [-0.2, -0.15) is 0 Å². The number of sulfonamides is 1. The second kappa shape index (κ2) is 5.86. The van der Waals surface area contributed by atoms with Crippen LogP contribution >= 0.6 is 27.5 Å².